The first-order valence-corrected chi connectivity index (χ1v) is 7.99. The molecule has 9 heteroatoms. The Hall–Kier alpha value is -2.00. The summed E-state index contributed by atoms with van der Waals surface area (Å²) in [6.45, 7) is -1.06. The van der Waals surface area contributed by atoms with E-state index in [4.69, 9.17) is 22.1 Å². The molecule has 0 saturated carbocycles. The molecule has 2 rings (SSSR count). The molecule has 0 saturated heterocycles. The van der Waals surface area contributed by atoms with Crippen molar-refractivity contribution < 1.29 is 19.2 Å². The average Bonchev–Trinajstić information content (AvgIpc) is 2.58. The van der Waals surface area contributed by atoms with E-state index in [9.17, 15) is 8.78 Å². The third kappa shape index (κ3) is 5.79. The van der Waals surface area contributed by atoms with Crippen LogP contribution in [0.2, 0.25) is 5.15 Å². The number of nitrogens with one attached hydrogen (secondary N) is 2. The summed E-state index contributed by atoms with van der Waals surface area (Å²) in [6, 6.07) is 5.07. The van der Waals surface area contributed by atoms with E-state index in [1.807, 2.05) is 0 Å². The van der Waals surface area contributed by atoms with Gasteiger partial charge in [0.05, 0.1) is 29.8 Å². The normalized spacial score (nSPS) is 12.6. The molecule has 0 bridgehead atoms. The van der Waals surface area contributed by atoms with Crippen molar-refractivity contribution in [2.45, 2.75) is 5.92 Å². The van der Waals surface area contributed by atoms with E-state index >= 15 is 0 Å². The number of pyridine rings is 2. The van der Waals surface area contributed by atoms with Crippen LogP contribution < -0.4 is 10.6 Å². The number of aromatic nitrogens is 2. The van der Waals surface area contributed by atoms with E-state index in [0.29, 0.717) is 27.3 Å². The topological polar surface area (TPSA) is 98.5 Å². The summed E-state index contributed by atoms with van der Waals surface area (Å²) < 4.78 is 27.3. The molecule has 6 nitrogen and oxygen atoms in total. The van der Waals surface area contributed by atoms with Crippen molar-refractivity contribution in [3.8, 4) is 0 Å². The van der Waals surface area contributed by atoms with Gasteiger partial charge in [-0.3, -0.25) is 4.98 Å². The molecule has 0 atom stereocenters. The first-order chi connectivity index (χ1) is 11.9. The van der Waals surface area contributed by atoms with Crippen molar-refractivity contribution in [3.05, 3.63) is 41.3 Å². The molecule has 0 unspecified atom stereocenters. The Labute approximate surface area is 148 Å². The maximum absolute atomic E-state index is 13.7. The minimum atomic E-state index is -2.93. The largest absolute Gasteiger partial charge is 0.395 e. The number of alkyl halides is 2. The summed E-state index contributed by atoms with van der Waals surface area (Å²) in [6.07, 6.45) is 4.09. The van der Waals surface area contributed by atoms with Gasteiger partial charge in [0.25, 0.3) is 0 Å². The number of hydrogen-bond acceptors (Lipinski definition) is 5. The second-order valence-corrected chi connectivity index (χ2v) is 5.75. The number of nitrogens with two attached hydrogens (primary N) is 1. The smallest absolute Gasteiger partial charge is 0.308 e. The average molecular weight is 371 g/mol. The number of rotatable bonds is 9. The predicted octanol–water partition coefficient (Wildman–Crippen LogP) is 1.05. The SMILES string of the molecule is N=CC(=C[NH2+]CC(F)(F)CNCCO)c1cnc2ccc(Cl)nc2c1. The lowest BCUT2D eigenvalue weighted by molar-refractivity contribution is -0.605. The van der Waals surface area contributed by atoms with Crippen LogP contribution in [-0.4, -0.2) is 53.5 Å². The highest BCUT2D eigenvalue weighted by Gasteiger charge is 2.30. The summed E-state index contributed by atoms with van der Waals surface area (Å²) >= 11 is 5.86. The van der Waals surface area contributed by atoms with Crippen LogP contribution in [0.4, 0.5) is 8.78 Å². The Morgan fingerprint density at radius 2 is 2.20 bits per heavy atom. The van der Waals surface area contributed by atoms with Crippen LogP contribution in [0.1, 0.15) is 5.56 Å². The number of aliphatic hydroxyl groups excluding tert-OH is 1. The fraction of sp³-hybridized carbons (Fsp3) is 0.312. The molecule has 0 amide bonds. The minimum Gasteiger partial charge on any atom is -0.395 e. The number of aliphatic hydroxyl groups is 1. The molecule has 0 spiro atoms. The molecule has 0 aliphatic rings. The number of fused-ring (bicyclic) bond motifs is 1. The van der Waals surface area contributed by atoms with Crippen molar-refractivity contribution in [3.63, 3.8) is 0 Å². The second kappa shape index (κ2) is 8.91. The quantitative estimate of drug-likeness (QED) is 0.301. The van der Waals surface area contributed by atoms with Crippen molar-refractivity contribution in [1.29, 1.82) is 5.41 Å². The third-order valence-corrected chi connectivity index (χ3v) is 3.59. The molecule has 2 aromatic rings. The number of hydrogen-bond donors (Lipinski definition) is 4. The van der Waals surface area contributed by atoms with Crippen LogP contribution in [0, 0.1) is 5.41 Å². The lowest BCUT2D eigenvalue weighted by atomic mass is 10.1. The molecule has 2 aromatic heterocycles. The van der Waals surface area contributed by atoms with Crippen LogP contribution in [0.5, 0.6) is 0 Å². The molecule has 25 heavy (non-hydrogen) atoms. The van der Waals surface area contributed by atoms with Gasteiger partial charge in [0.2, 0.25) is 0 Å². The van der Waals surface area contributed by atoms with E-state index in [1.165, 1.54) is 11.5 Å². The fourth-order valence-electron chi connectivity index (χ4n) is 2.15. The third-order valence-electron chi connectivity index (χ3n) is 3.38. The van der Waals surface area contributed by atoms with Gasteiger partial charge >= 0.3 is 5.92 Å². The van der Waals surface area contributed by atoms with Crippen LogP contribution in [0.15, 0.2) is 30.6 Å². The van der Waals surface area contributed by atoms with E-state index in [0.717, 1.165) is 6.21 Å². The van der Waals surface area contributed by atoms with Gasteiger partial charge in [0.15, 0.2) is 0 Å². The van der Waals surface area contributed by atoms with Gasteiger partial charge in [0.1, 0.15) is 17.9 Å². The molecular weight excluding hydrogens is 352 g/mol. The van der Waals surface area contributed by atoms with Crippen LogP contribution >= 0.6 is 11.6 Å². The molecule has 0 aliphatic heterocycles. The molecule has 0 aliphatic carbocycles. The Morgan fingerprint density at radius 1 is 1.40 bits per heavy atom. The van der Waals surface area contributed by atoms with Gasteiger partial charge < -0.3 is 21.1 Å². The first kappa shape index (κ1) is 19.3. The maximum atomic E-state index is 13.7. The number of allylic oxidation sites excluding steroid dienone is 1. The van der Waals surface area contributed by atoms with Crippen molar-refractivity contribution in [2.75, 3.05) is 26.2 Å². The summed E-state index contributed by atoms with van der Waals surface area (Å²) in [5.74, 6) is -2.93. The molecular formula is C16H19ClF2N5O+. The van der Waals surface area contributed by atoms with Crippen LogP contribution in [0.25, 0.3) is 16.6 Å². The summed E-state index contributed by atoms with van der Waals surface area (Å²) in [5.41, 5.74) is 2.25. The van der Waals surface area contributed by atoms with Gasteiger partial charge in [-0.15, -0.1) is 0 Å². The Morgan fingerprint density at radius 3 is 2.92 bits per heavy atom. The molecule has 2 heterocycles. The van der Waals surface area contributed by atoms with Crippen molar-refractivity contribution >= 4 is 34.4 Å². The van der Waals surface area contributed by atoms with Gasteiger partial charge in [-0.1, -0.05) is 11.6 Å². The van der Waals surface area contributed by atoms with Gasteiger partial charge in [-0.25, -0.2) is 4.98 Å². The van der Waals surface area contributed by atoms with Crippen LogP contribution in [0.3, 0.4) is 0 Å². The van der Waals surface area contributed by atoms with Crippen molar-refractivity contribution in [1.82, 2.24) is 15.3 Å². The Balaban J connectivity index is 2.08. The van der Waals surface area contributed by atoms with E-state index < -0.39 is 19.0 Å². The zero-order valence-electron chi connectivity index (χ0n) is 13.3. The standard InChI is InChI=1S/C16H18ClF2N5O/c17-15-2-1-13-14(24-15)5-11(8-23-13)12(6-20)7-22-10-16(18,19)9-21-3-4-25/h1-2,5-8,20-22,25H,3-4,9-10H2/p+1. The first-order valence-electron chi connectivity index (χ1n) is 7.61. The zero-order chi connectivity index (χ0) is 18.3. The molecule has 5 N–H and O–H groups in total. The number of quaternary nitrogens is 1. The summed E-state index contributed by atoms with van der Waals surface area (Å²) in [4.78, 5) is 8.39. The molecule has 134 valence electrons. The summed E-state index contributed by atoms with van der Waals surface area (Å²) in [7, 11) is 0. The summed E-state index contributed by atoms with van der Waals surface area (Å²) in [5, 5.41) is 20.2. The number of nitrogens with zero attached hydrogens (tertiary/aromatic N) is 2. The van der Waals surface area contributed by atoms with E-state index in [-0.39, 0.29) is 13.2 Å². The van der Waals surface area contributed by atoms with Gasteiger partial charge in [-0.2, -0.15) is 8.78 Å². The number of halogens is 3. The van der Waals surface area contributed by atoms with Gasteiger partial charge in [-0.05, 0) is 18.2 Å². The molecule has 0 fully saturated rings. The monoisotopic (exact) mass is 370 g/mol. The zero-order valence-corrected chi connectivity index (χ0v) is 14.1. The Bertz CT molecular complexity index is 769. The molecule has 0 aromatic carbocycles. The van der Waals surface area contributed by atoms with Gasteiger partial charge in [0, 0.05) is 24.5 Å². The Kier molecular flexibility index (Phi) is 6.89. The van der Waals surface area contributed by atoms with E-state index in [2.05, 4.69) is 15.3 Å². The van der Waals surface area contributed by atoms with E-state index in [1.54, 1.807) is 24.4 Å². The molecule has 0 radical (unpaired) electrons. The minimum absolute atomic E-state index is 0.121. The second-order valence-electron chi connectivity index (χ2n) is 5.36. The lowest BCUT2D eigenvalue weighted by Gasteiger charge is -2.14. The fourth-order valence-corrected chi connectivity index (χ4v) is 2.30. The highest BCUT2D eigenvalue weighted by Crippen LogP contribution is 2.18. The lowest BCUT2D eigenvalue weighted by Crippen LogP contribution is -2.82. The highest BCUT2D eigenvalue weighted by atomic mass is 35.5. The van der Waals surface area contributed by atoms with Crippen LogP contribution in [-0.2, 0) is 0 Å². The van der Waals surface area contributed by atoms with Crippen molar-refractivity contribution in [2.24, 2.45) is 0 Å². The highest BCUT2D eigenvalue weighted by molar-refractivity contribution is 6.29. The predicted molar refractivity (Wildman–Crippen MR) is 93.0 cm³/mol. The maximum Gasteiger partial charge on any atom is 0.308 e.